The highest BCUT2D eigenvalue weighted by Crippen LogP contribution is 2.13. The summed E-state index contributed by atoms with van der Waals surface area (Å²) in [6.07, 6.45) is 4.40. The maximum absolute atomic E-state index is 13.7. The van der Waals surface area contributed by atoms with Crippen LogP contribution in [0.5, 0.6) is 5.75 Å². The Bertz CT molecular complexity index is 1310. The lowest BCUT2D eigenvalue weighted by atomic mass is 10.0. The van der Waals surface area contributed by atoms with E-state index in [-0.39, 0.29) is 43.8 Å². The third-order valence-electron chi connectivity index (χ3n) is 8.30. The molecule has 0 bridgehead atoms. The molecule has 0 saturated heterocycles. The molecule has 0 fully saturated rings. The van der Waals surface area contributed by atoms with Crippen LogP contribution in [-0.2, 0) is 35.2 Å². The fraction of sp³-hybridized carbons (Fsp3) is 0.611. The van der Waals surface area contributed by atoms with Crippen molar-refractivity contribution < 1.29 is 39.0 Å². The molecule has 0 aliphatic carbocycles. The molecule has 16 heteroatoms. The van der Waals surface area contributed by atoms with Gasteiger partial charge < -0.3 is 54.0 Å². The summed E-state index contributed by atoms with van der Waals surface area (Å²) in [5.41, 5.74) is 17.7. The third kappa shape index (κ3) is 17.1. The van der Waals surface area contributed by atoms with Crippen LogP contribution in [0.2, 0.25) is 0 Å². The molecule has 1 aromatic rings. The molecule has 0 radical (unpaired) electrons. The summed E-state index contributed by atoms with van der Waals surface area (Å²) in [5.74, 6) is -4.60. The second-order valence-electron chi connectivity index (χ2n) is 13.3. The Labute approximate surface area is 306 Å². The van der Waals surface area contributed by atoms with Gasteiger partial charge in [0, 0.05) is 6.42 Å². The van der Waals surface area contributed by atoms with Gasteiger partial charge in [-0.1, -0.05) is 39.0 Å². The molecule has 16 nitrogen and oxygen atoms in total. The first kappa shape index (κ1) is 45.5. The summed E-state index contributed by atoms with van der Waals surface area (Å²) in [6, 6.07) is -0.686. The molecular formula is C36H60N8O8. The Morgan fingerprint density at radius 1 is 0.712 bits per heavy atom. The molecule has 1 aromatic carbocycles. The van der Waals surface area contributed by atoms with Gasteiger partial charge in [0.1, 0.15) is 36.0 Å². The molecular weight excluding hydrogens is 672 g/mol. The number of carboxylic acid groups (broad SMARTS) is 1. The van der Waals surface area contributed by atoms with E-state index in [1.54, 1.807) is 19.1 Å². The van der Waals surface area contributed by atoms with E-state index in [4.69, 9.17) is 17.2 Å². The number of aliphatic carboxylic acids is 1. The van der Waals surface area contributed by atoms with Crippen molar-refractivity contribution in [2.24, 2.45) is 23.1 Å². The molecule has 292 valence electrons. The second-order valence-corrected chi connectivity index (χ2v) is 13.3. The Kier molecular flexibility index (Phi) is 21.5. The van der Waals surface area contributed by atoms with Crippen molar-refractivity contribution in [3.05, 3.63) is 42.5 Å². The number of carbonyl (C=O) groups excluding carboxylic acids is 5. The number of rotatable bonds is 26. The predicted octanol–water partition coefficient (Wildman–Crippen LogP) is 0.0608. The van der Waals surface area contributed by atoms with Crippen LogP contribution in [0.3, 0.4) is 0 Å². The number of phenols is 1. The average molecular weight is 733 g/mol. The van der Waals surface area contributed by atoms with Gasteiger partial charge >= 0.3 is 5.97 Å². The van der Waals surface area contributed by atoms with E-state index in [1.165, 1.54) is 18.2 Å². The summed E-state index contributed by atoms with van der Waals surface area (Å²) in [7, 11) is 0. The molecule has 1 rings (SSSR count). The van der Waals surface area contributed by atoms with Crippen molar-refractivity contribution in [2.45, 2.75) is 121 Å². The molecule has 5 amide bonds. The largest absolute Gasteiger partial charge is 0.508 e. The standard InChI is InChI=1S/C36H60N8O8/c1-5-11-26(32(47)43-29(21-23-14-16-24(45)17-15-23)35(50)44-30(36(51)52)20-22(3)4)41-34(49)28(13-8-10-19-38)42-33(48)27(12-7-9-18-37)40-31(46)25(39)6-2/h5,14-17,22,25-30,45H,1,6-13,18-21,37-39H2,2-4H3,(H,40,46)(H,41,49)(H,42,48)(H,43,47)(H,44,50)(H,51,52)/t25-,26+,27+,28+,29+,30+/m1/s1. The number of nitrogens with two attached hydrogens (primary N) is 3. The Hall–Kier alpha value is -4.54. The van der Waals surface area contributed by atoms with Gasteiger partial charge in [-0.25, -0.2) is 4.79 Å². The highest BCUT2D eigenvalue weighted by Gasteiger charge is 2.32. The van der Waals surface area contributed by atoms with E-state index in [0.717, 1.165) is 0 Å². The van der Waals surface area contributed by atoms with Gasteiger partial charge in [0.2, 0.25) is 29.5 Å². The number of benzene rings is 1. The number of unbranched alkanes of at least 4 members (excludes halogenated alkanes) is 2. The number of phenolic OH excluding ortho intramolecular Hbond substituents is 1. The predicted molar refractivity (Wildman–Crippen MR) is 197 cm³/mol. The highest BCUT2D eigenvalue weighted by molar-refractivity contribution is 5.96. The molecule has 0 unspecified atom stereocenters. The van der Waals surface area contributed by atoms with Crippen molar-refractivity contribution >= 4 is 35.5 Å². The topological polar surface area (TPSA) is 281 Å². The van der Waals surface area contributed by atoms with Crippen LogP contribution in [-0.4, -0.2) is 95.1 Å². The Morgan fingerprint density at radius 2 is 1.15 bits per heavy atom. The molecule has 0 aromatic heterocycles. The van der Waals surface area contributed by atoms with Crippen molar-refractivity contribution in [1.29, 1.82) is 0 Å². The van der Waals surface area contributed by atoms with E-state index in [0.29, 0.717) is 50.8 Å². The lowest BCUT2D eigenvalue weighted by Crippen LogP contribution is -2.59. The zero-order valence-electron chi connectivity index (χ0n) is 30.7. The number of hydrogen-bond donors (Lipinski definition) is 10. The van der Waals surface area contributed by atoms with E-state index < -0.39 is 71.8 Å². The minimum atomic E-state index is -1.26. The summed E-state index contributed by atoms with van der Waals surface area (Å²) < 4.78 is 0. The van der Waals surface area contributed by atoms with Crippen LogP contribution in [0.4, 0.5) is 0 Å². The van der Waals surface area contributed by atoms with Gasteiger partial charge in [-0.05, 0) is 94.5 Å². The number of amides is 5. The first-order valence-corrected chi connectivity index (χ1v) is 18.0. The van der Waals surface area contributed by atoms with Gasteiger partial charge in [0.25, 0.3) is 0 Å². The average Bonchev–Trinajstić information content (AvgIpc) is 3.10. The molecule has 0 saturated carbocycles. The number of carbonyl (C=O) groups is 6. The minimum Gasteiger partial charge on any atom is -0.508 e. The number of nitrogens with one attached hydrogen (secondary N) is 5. The van der Waals surface area contributed by atoms with E-state index in [1.807, 2.05) is 13.8 Å². The van der Waals surface area contributed by atoms with Gasteiger partial charge in [0.15, 0.2) is 0 Å². The molecule has 0 heterocycles. The SMILES string of the molecule is C=CC[C@H](NC(=O)[C@H](CCCCN)NC(=O)[C@H](CCCCN)NC(=O)[C@H](N)CC)C(=O)N[C@@H](Cc1ccc(O)cc1)C(=O)N[C@@H](CC(C)C)C(=O)O. The van der Waals surface area contributed by atoms with Crippen LogP contribution in [0.25, 0.3) is 0 Å². The van der Waals surface area contributed by atoms with Crippen LogP contribution < -0.4 is 43.8 Å². The molecule has 0 aliphatic rings. The lowest BCUT2D eigenvalue weighted by molar-refractivity contribution is -0.142. The van der Waals surface area contributed by atoms with Crippen LogP contribution >= 0.6 is 0 Å². The quantitative estimate of drug-likeness (QED) is 0.0449. The Balaban J connectivity index is 3.30. The highest BCUT2D eigenvalue weighted by atomic mass is 16.4. The Morgan fingerprint density at radius 3 is 1.62 bits per heavy atom. The fourth-order valence-electron chi connectivity index (χ4n) is 5.24. The van der Waals surface area contributed by atoms with Crippen LogP contribution in [0, 0.1) is 5.92 Å². The second kappa shape index (κ2) is 24.6. The lowest BCUT2D eigenvalue weighted by Gasteiger charge is -2.27. The van der Waals surface area contributed by atoms with Crippen LogP contribution in [0.1, 0.15) is 84.1 Å². The normalized spacial score (nSPS) is 14.5. The fourth-order valence-corrected chi connectivity index (χ4v) is 5.24. The van der Waals surface area contributed by atoms with Crippen molar-refractivity contribution in [1.82, 2.24) is 26.6 Å². The molecule has 0 aliphatic heterocycles. The smallest absolute Gasteiger partial charge is 0.326 e. The maximum atomic E-state index is 13.7. The van der Waals surface area contributed by atoms with Gasteiger partial charge in [-0.3, -0.25) is 24.0 Å². The summed E-state index contributed by atoms with van der Waals surface area (Å²) in [5, 5.41) is 32.6. The zero-order chi connectivity index (χ0) is 39.2. The van der Waals surface area contributed by atoms with Gasteiger partial charge in [-0.15, -0.1) is 6.58 Å². The summed E-state index contributed by atoms with van der Waals surface area (Å²) in [4.78, 5) is 78.9. The van der Waals surface area contributed by atoms with Crippen LogP contribution in [0.15, 0.2) is 36.9 Å². The summed E-state index contributed by atoms with van der Waals surface area (Å²) in [6.45, 7) is 9.79. The molecule has 13 N–H and O–H groups in total. The van der Waals surface area contributed by atoms with E-state index in [2.05, 4.69) is 33.2 Å². The van der Waals surface area contributed by atoms with Gasteiger partial charge in [0.05, 0.1) is 6.04 Å². The van der Waals surface area contributed by atoms with E-state index in [9.17, 15) is 39.0 Å². The van der Waals surface area contributed by atoms with Crippen molar-refractivity contribution in [3.8, 4) is 5.75 Å². The third-order valence-corrected chi connectivity index (χ3v) is 8.30. The number of aromatic hydroxyl groups is 1. The van der Waals surface area contributed by atoms with E-state index >= 15 is 0 Å². The summed E-state index contributed by atoms with van der Waals surface area (Å²) >= 11 is 0. The number of hydrogen-bond acceptors (Lipinski definition) is 10. The van der Waals surface area contributed by atoms with Crippen molar-refractivity contribution in [2.75, 3.05) is 13.1 Å². The van der Waals surface area contributed by atoms with Crippen molar-refractivity contribution in [3.63, 3.8) is 0 Å². The first-order valence-electron chi connectivity index (χ1n) is 18.0. The molecule has 6 atom stereocenters. The maximum Gasteiger partial charge on any atom is 0.326 e. The molecule has 0 spiro atoms. The number of carboxylic acids is 1. The molecule has 52 heavy (non-hydrogen) atoms. The monoisotopic (exact) mass is 732 g/mol. The zero-order valence-corrected chi connectivity index (χ0v) is 30.7. The first-order chi connectivity index (χ1) is 24.7. The van der Waals surface area contributed by atoms with Gasteiger partial charge in [-0.2, -0.15) is 0 Å². The minimum absolute atomic E-state index is 0.00711.